The number of carbonyl (C=O) groups is 2. The monoisotopic (exact) mass is 262 g/mol. The summed E-state index contributed by atoms with van der Waals surface area (Å²) in [5.74, 6) is -1.29. The van der Waals surface area contributed by atoms with Crippen molar-refractivity contribution in [3.63, 3.8) is 0 Å². The summed E-state index contributed by atoms with van der Waals surface area (Å²) in [6.45, 7) is 3.17. The molecule has 19 heavy (non-hydrogen) atoms. The van der Waals surface area contributed by atoms with Crippen molar-refractivity contribution in [2.75, 3.05) is 6.54 Å². The molecule has 0 radical (unpaired) electrons. The molecule has 7 heteroatoms. The van der Waals surface area contributed by atoms with Crippen LogP contribution in [0.4, 0.5) is 0 Å². The molecule has 2 N–H and O–H groups in total. The highest BCUT2D eigenvalue weighted by atomic mass is 16.4. The van der Waals surface area contributed by atoms with Gasteiger partial charge in [-0.3, -0.25) is 14.0 Å². The van der Waals surface area contributed by atoms with Crippen LogP contribution in [0.1, 0.15) is 24.2 Å². The van der Waals surface area contributed by atoms with Gasteiger partial charge in [0.15, 0.2) is 5.65 Å². The second kappa shape index (κ2) is 4.68. The van der Waals surface area contributed by atoms with Crippen LogP contribution in [0.15, 0.2) is 24.7 Å². The van der Waals surface area contributed by atoms with Crippen LogP contribution in [0.3, 0.4) is 0 Å². The van der Waals surface area contributed by atoms with Gasteiger partial charge >= 0.3 is 5.97 Å². The molecule has 0 aromatic carbocycles. The summed E-state index contributed by atoms with van der Waals surface area (Å²) in [7, 11) is 0. The normalized spacial score (nSPS) is 11.5. The van der Waals surface area contributed by atoms with E-state index < -0.39 is 11.4 Å². The maximum absolute atomic E-state index is 11.9. The Bertz CT molecular complexity index is 633. The van der Waals surface area contributed by atoms with Crippen LogP contribution in [-0.2, 0) is 4.79 Å². The molecule has 0 aliphatic rings. The molecule has 0 unspecified atom stereocenters. The van der Waals surface area contributed by atoms with Crippen LogP contribution >= 0.6 is 0 Å². The Morgan fingerprint density at radius 2 is 2.16 bits per heavy atom. The van der Waals surface area contributed by atoms with Gasteiger partial charge in [0.05, 0.1) is 11.0 Å². The van der Waals surface area contributed by atoms with Crippen molar-refractivity contribution in [3.8, 4) is 0 Å². The summed E-state index contributed by atoms with van der Waals surface area (Å²) in [5.41, 5.74) is 0.0620. The minimum atomic E-state index is -1.00. The van der Waals surface area contributed by atoms with E-state index >= 15 is 0 Å². The molecule has 100 valence electrons. The van der Waals surface area contributed by atoms with E-state index in [1.165, 1.54) is 6.33 Å². The molecule has 2 aromatic heterocycles. The van der Waals surface area contributed by atoms with Crippen molar-refractivity contribution >= 4 is 17.5 Å². The summed E-state index contributed by atoms with van der Waals surface area (Å²) in [6.07, 6.45) is 3.09. The molecule has 0 aliphatic carbocycles. The third kappa shape index (κ3) is 2.70. The number of rotatable bonds is 4. The Kier molecular flexibility index (Phi) is 3.20. The zero-order chi connectivity index (χ0) is 14.0. The van der Waals surface area contributed by atoms with Crippen molar-refractivity contribution in [2.45, 2.75) is 13.8 Å². The Hall–Kier alpha value is -2.44. The standard InChI is InChI=1S/C12H14N4O3/c1-12(2,11(18)19)6-13-10(17)8-3-4-9-15-14-7-16(9)5-8/h3-5,7H,6H2,1-2H3,(H,13,17)(H,18,19). The second-order valence-corrected chi connectivity index (χ2v) is 4.89. The number of hydrogen-bond acceptors (Lipinski definition) is 4. The fourth-order valence-electron chi connectivity index (χ4n) is 1.44. The Morgan fingerprint density at radius 3 is 2.84 bits per heavy atom. The van der Waals surface area contributed by atoms with Crippen LogP contribution in [-0.4, -0.2) is 38.1 Å². The number of aromatic nitrogens is 3. The zero-order valence-electron chi connectivity index (χ0n) is 10.6. The van der Waals surface area contributed by atoms with Gasteiger partial charge in [0.2, 0.25) is 0 Å². The van der Waals surface area contributed by atoms with Gasteiger partial charge in [-0.1, -0.05) is 0 Å². The Balaban J connectivity index is 2.09. The van der Waals surface area contributed by atoms with E-state index in [4.69, 9.17) is 5.11 Å². The van der Waals surface area contributed by atoms with Crippen LogP contribution in [0.25, 0.3) is 5.65 Å². The molecule has 0 saturated carbocycles. The molecule has 0 aliphatic heterocycles. The molecule has 0 bridgehead atoms. The molecular formula is C12H14N4O3. The molecule has 0 atom stereocenters. The van der Waals surface area contributed by atoms with E-state index in [0.29, 0.717) is 11.2 Å². The van der Waals surface area contributed by atoms with Gasteiger partial charge in [0.25, 0.3) is 5.91 Å². The van der Waals surface area contributed by atoms with E-state index in [2.05, 4.69) is 15.5 Å². The number of amides is 1. The number of nitrogens with one attached hydrogen (secondary N) is 1. The fourth-order valence-corrected chi connectivity index (χ4v) is 1.44. The van der Waals surface area contributed by atoms with Crippen LogP contribution < -0.4 is 5.32 Å². The molecule has 2 rings (SSSR count). The first-order chi connectivity index (χ1) is 8.90. The number of aliphatic carboxylic acids is 1. The minimum absolute atomic E-state index is 0.0569. The lowest BCUT2D eigenvalue weighted by atomic mass is 9.94. The molecule has 2 aromatic rings. The van der Waals surface area contributed by atoms with Gasteiger partial charge < -0.3 is 10.4 Å². The average Bonchev–Trinajstić information content (AvgIpc) is 2.82. The van der Waals surface area contributed by atoms with Gasteiger partial charge in [0.1, 0.15) is 6.33 Å². The highest BCUT2D eigenvalue weighted by Gasteiger charge is 2.27. The van der Waals surface area contributed by atoms with Crippen LogP contribution in [0, 0.1) is 5.41 Å². The van der Waals surface area contributed by atoms with E-state index in [1.807, 2.05) is 0 Å². The van der Waals surface area contributed by atoms with Crippen molar-refractivity contribution in [1.82, 2.24) is 19.9 Å². The summed E-state index contributed by atoms with van der Waals surface area (Å²) in [4.78, 5) is 22.9. The number of nitrogens with zero attached hydrogens (tertiary/aromatic N) is 3. The molecule has 0 spiro atoms. The lowest BCUT2D eigenvalue weighted by molar-refractivity contribution is -0.146. The summed E-state index contributed by atoms with van der Waals surface area (Å²) >= 11 is 0. The SMILES string of the molecule is CC(C)(CNC(=O)c1ccc2nncn2c1)C(=O)O. The maximum atomic E-state index is 11.9. The molecule has 2 heterocycles. The topological polar surface area (TPSA) is 96.6 Å². The molecule has 0 saturated heterocycles. The van der Waals surface area contributed by atoms with Crippen molar-refractivity contribution in [2.24, 2.45) is 5.41 Å². The van der Waals surface area contributed by atoms with Crippen molar-refractivity contribution < 1.29 is 14.7 Å². The Labute approximate surface area is 109 Å². The summed E-state index contributed by atoms with van der Waals surface area (Å²) in [6, 6.07) is 3.29. The first-order valence-electron chi connectivity index (χ1n) is 5.71. The quantitative estimate of drug-likeness (QED) is 0.839. The Morgan fingerprint density at radius 1 is 1.42 bits per heavy atom. The van der Waals surface area contributed by atoms with Crippen LogP contribution in [0.5, 0.6) is 0 Å². The average molecular weight is 262 g/mol. The van der Waals surface area contributed by atoms with Crippen molar-refractivity contribution in [3.05, 3.63) is 30.2 Å². The predicted octanol–water partition coefficient (Wildman–Crippen LogP) is 0.570. The van der Waals surface area contributed by atoms with Gasteiger partial charge in [0, 0.05) is 12.7 Å². The molecule has 7 nitrogen and oxygen atoms in total. The second-order valence-electron chi connectivity index (χ2n) is 4.89. The van der Waals surface area contributed by atoms with Crippen molar-refractivity contribution in [1.29, 1.82) is 0 Å². The number of pyridine rings is 1. The third-order valence-electron chi connectivity index (χ3n) is 2.82. The molecule has 1 amide bonds. The fraction of sp³-hybridized carbons (Fsp3) is 0.333. The number of carboxylic acid groups (broad SMARTS) is 1. The minimum Gasteiger partial charge on any atom is -0.481 e. The van der Waals surface area contributed by atoms with Gasteiger partial charge in [-0.15, -0.1) is 10.2 Å². The number of hydrogen-bond donors (Lipinski definition) is 2. The first-order valence-corrected chi connectivity index (χ1v) is 5.71. The number of carboxylic acids is 1. The largest absolute Gasteiger partial charge is 0.481 e. The maximum Gasteiger partial charge on any atom is 0.310 e. The molecular weight excluding hydrogens is 248 g/mol. The smallest absolute Gasteiger partial charge is 0.310 e. The highest BCUT2D eigenvalue weighted by Crippen LogP contribution is 2.13. The lowest BCUT2D eigenvalue weighted by Gasteiger charge is -2.19. The van der Waals surface area contributed by atoms with E-state index in [9.17, 15) is 9.59 Å². The third-order valence-corrected chi connectivity index (χ3v) is 2.82. The van der Waals surface area contributed by atoms with E-state index in [1.54, 1.807) is 36.6 Å². The first kappa shape index (κ1) is 13.0. The van der Waals surface area contributed by atoms with E-state index in [-0.39, 0.29) is 12.5 Å². The lowest BCUT2D eigenvalue weighted by Crippen LogP contribution is -2.38. The van der Waals surface area contributed by atoms with Gasteiger partial charge in [-0.25, -0.2) is 0 Å². The van der Waals surface area contributed by atoms with Gasteiger partial charge in [-0.2, -0.15) is 0 Å². The number of fused-ring (bicyclic) bond motifs is 1. The number of carbonyl (C=O) groups excluding carboxylic acids is 1. The van der Waals surface area contributed by atoms with E-state index in [0.717, 1.165) is 0 Å². The molecule has 0 fully saturated rings. The van der Waals surface area contributed by atoms with Crippen LogP contribution in [0.2, 0.25) is 0 Å². The summed E-state index contributed by atoms with van der Waals surface area (Å²) < 4.78 is 1.62. The predicted molar refractivity (Wildman–Crippen MR) is 66.7 cm³/mol. The highest BCUT2D eigenvalue weighted by molar-refractivity contribution is 5.94. The van der Waals surface area contributed by atoms with Gasteiger partial charge in [-0.05, 0) is 26.0 Å². The zero-order valence-corrected chi connectivity index (χ0v) is 10.6. The summed E-state index contributed by atoms with van der Waals surface area (Å²) in [5, 5.41) is 19.1.